The number of benzene rings is 3. The Kier molecular flexibility index (Phi) is 5.85. The van der Waals surface area contributed by atoms with Crippen molar-refractivity contribution in [3.63, 3.8) is 0 Å². The number of nitrogens with zero attached hydrogens (tertiary/aromatic N) is 2. The third kappa shape index (κ3) is 3.69. The molecule has 0 aliphatic rings. The van der Waals surface area contributed by atoms with Gasteiger partial charge in [0, 0.05) is 36.1 Å². The maximum absolute atomic E-state index is 13.1. The van der Waals surface area contributed by atoms with E-state index in [0.29, 0.717) is 10.7 Å². The molecule has 0 N–H and O–H groups in total. The van der Waals surface area contributed by atoms with Crippen molar-refractivity contribution in [2.75, 3.05) is 6.61 Å². The number of carbonyl (C=O) groups excluding carboxylic acids is 1. The summed E-state index contributed by atoms with van der Waals surface area (Å²) in [5, 5.41) is 2.48. The Labute approximate surface area is 210 Å². The third-order valence-corrected chi connectivity index (χ3v) is 7.01. The van der Waals surface area contributed by atoms with Crippen LogP contribution in [0.2, 0.25) is 5.02 Å². The molecule has 0 atom stereocenters. The van der Waals surface area contributed by atoms with Crippen molar-refractivity contribution in [3.8, 4) is 22.4 Å². The topological polar surface area (TPSA) is 44.1 Å². The van der Waals surface area contributed by atoms with Gasteiger partial charge in [0.1, 0.15) is 0 Å². The van der Waals surface area contributed by atoms with Crippen LogP contribution in [0.4, 0.5) is 4.79 Å². The summed E-state index contributed by atoms with van der Waals surface area (Å²) in [6.45, 7) is 4.12. The number of halogens is 2. The molecule has 0 spiro atoms. The predicted octanol–water partition coefficient (Wildman–Crippen LogP) is 8.09. The van der Waals surface area contributed by atoms with Gasteiger partial charge in [0.05, 0.1) is 17.8 Å². The summed E-state index contributed by atoms with van der Waals surface area (Å²) < 4.78 is 7.99. The highest BCUT2D eigenvalue weighted by atomic mass is 127. The molecule has 0 saturated carbocycles. The zero-order valence-electron chi connectivity index (χ0n) is 18.1. The first kappa shape index (κ1) is 21.9. The number of rotatable bonds is 3. The van der Waals surface area contributed by atoms with E-state index in [2.05, 4.69) is 28.7 Å². The van der Waals surface area contributed by atoms with E-state index in [0.717, 1.165) is 47.8 Å². The molecule has 164 valence electrons. The first-order chi connectivity index (χ1) is 16.0. The van der Waals surface area contributed by atoms with Crippen LogP contribution in [-0.4, -0.2) is 22.3 Å². The second-order valence-corrected chi connectivity index (χ2v) is 9.23. The Balaban J connectivity index is 2.03. The number of ether oxygens (including phenoxy) is 1. The zero-order valence-corrected chi connectivity index (χ0v) is 21.0. The van der Waals surface area contributed by atoms with Crippen molar-refractivity contribution in [3.05, 3.63) is 87.0 Å². The highest BCUT2D eigenvalue weighted by molar-refractivity contribution is 14.1. The summed E-state index contributed by atoms with van der Waals surface area (Å²) in [6.07, 6.45) is -0.445. The quantitative estimate of drug-likeness (QED) is 0.207. The number of carbonyl (C=O) groups is 1. The molecule has 3 aromatic carbocycles. The Hall–Kier alpha value is -2.90. The fraction of sp³-hybridized carbons (Fsp3) is 0.111. The van der Waals surface area contributed by atoms with Gasteiger partial charge in [-0.05, 0) is 54.6 Å². The van der Waals surface area contributed by atoms with Crippen LogP contribution in [0.15, 0.2) is 72.8 Å². The molecule has 0 radical (unpaired) electrons. The van der Waals surface area contributed by atoms with Crippen LogP contribution in [0.5, 0.6) is 0 Å². The predicted molar refractivity (Wildman–Crippen MR) is 143 cm³/mol. The van der Waals surface area contributed by atoms with E-state index in [1.807, 2.05) is 73.7 Å². The first-order valence-electron chi connectivity index (χ1n) is 10.6. The average molecular weight is 567 g/mol. The third-order valence-electron chi connectivity index (χ3n) is 5.63. The number of hydrogen-bond donors (Lipinski definition) is 0. The minimum atomic E-state index is -0.445. The molecule has 0 aliphatic heterocycles. The summed E-state index contributed by atoms with van der Waals surface area (Å²) in [5.74, 6) is 0. The maximum Gasteiger partial charge on any atom is 0.420 e. The Morgan fingerprint density at radius 2 is 1.79 bits per heavy atom. The van der Waals surface area contributed by atoms with E-state index >= 15 is 0 Å². The molecule has 33 heavy (non-hydrogen) atoms. The van der Waals surface area contributed by atoms with E-state index in [4.69, 9.17) is 21.3 Å². The Morgan fingerprint density at radius 1 is 1.06 bits per heavy atom. The molecule has 2 heterocycles. The molecular formula is C27H20ClIN2O2. The van der Waals surface area contributed by atoms with E-state index in [1.165, 1.54) is 0 Å². The minimum Gasteiger partial charge on any atom is -0.449 e. The number of pyridine rings is 1. The van der Waals surface area contributed by atoms with E-state index in [9.17, 15) is 4.79 Å². The van der Waals surface area contributed by atoms with Crippen LogP contribution >= 0.6 is 34.2 Å². The van der Waals surface area contributed by atoms with Crippen LogP contribution < -0.4 is 0 Å². The molecular weight excluding hydrogens is 547 g/mol. The van der Waals surface area contributed by atoms with Crippen molar-refractivity contribution in [2.45, 2.75) is 13.8 Å². The molecule has 5 rings (SSSR count). The SMILES string of the molecule is CCOC(=O)n1c2ccc(C)cc2c2c(-c3ccccc3Cl)c(I)c(-c3ccccc3)nc21. The summed E-state index contributed by atoms with van der Waals surface area (Å²) in [5.41, 5.74) is 6.04. The standard InChI is InChI=1S/C27H20ClIN2O2/c1-3-33-27(32)31-21-14-13-16(2)15-19(21)23-22(18-11-7-8-12-20(18)28)24(29)25(30-26(23)31)17-9-5-4-6-10-17/h4-15H,3H2,1-2H3. The van der Waals surface area contributed by atoms with Gasteiger partial charge < -0.3 is 4.74 Å². The second kappa shape index (κ2) is 8.80. The van der Waals surface area contributed by atoms with Crippen molar-refractivity contribution in [2.24, 2.45) is 0 Å². The molecule has 0 fully saturated rings. The maximum atomic E-state index is 13.1. The van der Waals surface area contributed by atoms with E-state index < -0.39 is 6.09 Å². The lowest BCUT2D eigenvalue weighted by Gasteiger charge is -2.14. The van der Waals surface area contributed by atoms with Crippen LogP contribution in [0.25, 0.3) is 44.3 Å². The van der Waals surface area contributed by atoms with Gasteiger partial charge in [0.2, 0.25) is 0 Å². The molecule has 0 amide bonds. The van der Waals surface area contributed by atoms with Gasteiger partial charge in [-0.2, -0.15) is 0 Å². The molecule has 6 heteroatoms. The van der Waals surface area contributed by atoms with Crippen molar-refractivity contribution in [1.82, 2.24) is 9.55 Å². The number of hydrogen-bond acceptors (Lipinski definition) is 3. The zero-order chi connectivity index (χ0) is 23.1. The molecule has 4 nitrogen and oxygen atoms in total. The Morgan fingerprint density at radius 3 is 2.52 bits per heavy atom. The number of aromatic nitrogens is 2. The lowest BCUT2D eigenvalue weighted by Crippen LogP contribution is -2.14. The van der Waals surface area contributed by atoms with Gasteiger partial charge >= 0.3 is 6.09 Å². The minimum absolute atomic E-state index is 0.277. The van der Waals surface area contributed by atoms with Gasteiger partial charge in [0.25, 0.3) is 0 Å². The fourth-order valence-electron chi connectivity index (χ4n) is 4.20. The lowest BCUT2D eigenvalue weighted by molar-refractivity contribution is 0.156. The molecule has 2 aromatic heterocycles. The largest absolute Gasteiger partial charge is 0.449 e. The number of fused-ring (bicyclic) bond motifs is 3. The molecule has 0 saturated heterocycles. The molecule has 0 unspecified atom stereocenters. The second-order valence-electron chi connectivity index (χ2n) is 7.75. The van der Waals surface area contributed by atoms with Gasteiger partial charge in [-0.15, -0.1) is 0 Å². The van der Waals surface area contributed by atoms with Crippen molar-refractivity contribution >= 4 is 62.2 Å². The van der Waals surface area contributed by atoms with Crippen molar-refractivity contribution < 1.29 is 9.53 Å². The van der Waals surface area contributed by atoms with Crippen molar-refractivity contribution in [1.29, 1.82) is 0 Å². The summed E-state index contributed by atoms with van der Waals surface area (Å²) in [6, 6.07) is 23.8. The van der Waals surface area contributed by atoms with Crippen LogP contribution in [0.3, 0.4) is 0 Å². The highest BCUT2D eigenvalue weighted by Crippen LogP contribution is 2.44. The highest BCUT2D eigenvalue weighted by Gasteiger charge is 2.26. The normalized spacial score (nSPS) is 11.3. The molecule has 0 bridgehead atoms. The van der Waals surface area contributed by atoms with Crippen LogP contribution in [0.1, 0.15) is 12.5 Å². The smallest absolute Gasteiger partial charge is 0.420 e. The van der Waals surface area contributed by atoms with E-state index in [1.54, 1.807) is 11.5 Å². The summed E-state index contributed by atoms with van der Waals surface area (Å²) in [7, 11) is 0. The fourth-order valence-corrected chi connectivity index (χ4v) is 5.43. The lowest BCUT2D eigenvalue weighted by atomic mass is 9.98. The first-order valence-corrected chi connectivity index (χ1v) is 12.1. The van der Waals surface area contributed by atoms with Crippen LogP contribution in [0, 0.1) is 10.5 Å². The van der Waals surface area contributed by atoms with Gasteiger partial charge in [-0.3, -0.25) is 0 Å². The molecule has 5 aromatic rings. The average Bonchev–Trinajstić information content (AvgIpc) is 3.13. The summed E-state index contributed by atoms with van der Waals surface area (Å²) in [4.78, 5) is 18.2. The monoisotopic (exact) mass is 566 g/mol. The summed E-state index contributed by atoms with van der Waals surface area (Å²) >= 11 is 9.06. The van der Waals surface area contributed by atoms with E-state index in [-0.39, 0.29) is 6.61 Å². The van der Waals surface area contributed by atoms with Gasteiger partial charge in [0.15, 0.2) is 5.65 Å². The van der Waals surface area contributed by atoms with Gasteiger partial charge in [-0.1, -0.05) is 71.8 Å². The van der Waals surface area contributed by atoms with Crippen LogP contribution in [-0.2, 0) is 4.74 Å². The van der Waals surface area contributed by atoms with Gasteiger partial charge in [-0.25, -0.2) is 14.3 Å². The Bertz CT molecular complexity index is 1530. The number of aryl methyl sites for hydroxylation is 1. The molecule has 0 aliphatic carbocycles.